The van der Waals surface area contributed by atoms with E-state index in [-0.39, 0.29) is 17.8 Å². The van der Waals surface area contributed by atoms with E-state index in [0.717, 1.165) is 11.0 Å². The van der Waals surface area contributed by atoms with Crippen molar-refractivity contribution in [1.82, 2.24) is 14.5 Å². The van der Waals surface area contributed by atoms with Gasteiger partial charge in [-0.2, -0.15) is 0 Å². The molecule has 0 radical (unpaired) electrons. The molecule has 0 bridgehead atoms. The van der Waals surface area contributed by atoms with Gasteiger partial charge in [0.15, 0.2) is 5.78 Å². The number of fused-ring (bicyclic) bond motifs is 1. The molecule has 0 unspecified atom stereocenters. The number of likely N-dealkylation sites (tertiary alicyclic amines) is 1. The quantitative estimate of drug-likeness (QED) is 0.784. The number of ketones is 1. The van der Waals surface area contributed by atoms with Crippen molar-refractivity contribution >= 4 is 22.9 Å². The summed E-state index contributed by atoms with van der Waals surface area (Å²) in [4.78, 5) is 30.9. The molecule has 0 N–H and O–H groups in total. The monoisotopic (exact) mass is 343 g/mol. The summed E-state index contributed by atoms with van der Waals surface area (Å²) in [7, 11) is 1.92. The first-order valence-electron chi connectivity index (χ1n) is 8.68. The third-order valence-electron chi connectivity index (χ3n) is 4.53. The molecule has 6 heteroatoms. The third-order valence-corrected chi connectivity index (χ3v) is 4.53. The lowest BCUT2D eigenvalue weighted by Gasteiger charge is -2.33. The summed E-state index contributed by atoms with van der Waals surface area (Å²) in [6.07, 6.45) is 2.79. The number of Topliss-reactive ketones (excluding diaryl/α,β-unsaturated/α-hetero) is 1. The number of aromatic nitrogens is 2. The lowest BCUT2D eigenvalue weighted by Crippen LogP contribution is -2.43. The topological polar surface area (TPSA) is 64.4 Å². The molecule has 1 amide bonds. The molecular formula is C19H25N3O3. The van der Waals surface area contributed by atoms with E-state index in [9.17, 15) is 9.59 Å². The van der Waals surface area contributed by atoms with E-state index < -0.39 is 5.60 Å². The minimum atomic E-state index is -0.498. The molecule has 25 heavy (non-hydrogen) atoms. The first-order chi connectivity index (χ1) is 11.7. The lowest BCUT2D eigenvalue weighted by atomic mass is 9.89. The van der Waals surface area contributed by atoms with Crippen molar-refractivity contribution in [2.75, 3.05) is 13.1 Å². The highest BCUT2D eigenvalue weighted by Crippen LogP contribution is 2.24. The largest absolute Gasteiger partial charge is 0.444 e. The highest BCUT2D eigenvalue weighted by atomic mass is 16.6. The number of hydrogen-bond donors (Lipinski definition) is 0. The van der Waals surface area contributed by atoms with Gasteiger partial charge in [0.05, 0.1) is 17.4 Å². The summed E-state index contributed by atoms with van der Waals surface area (Å²) in [6, 6.07) is 5.64. The molecule has 134 valence electrons. The Morgan fingerprint density at radius 3 is 2.52 bits per heavy atom. The Bertz CT molecular complexity index is 796. The molecule has 0 saturated carbocycles. The van der Waals surface area contributed by atoms with Crippen LogP contribution in [0.15, 0.2) is 24.5 Å². The highest BCUT2D eigenvalue weighted by Gasteiger charge is 2.30. The third kappa shape index (κ3) is 3.83. The van der Waals surface area contributed by atoms with E-state index in [4.69, 9.17) is 4.74 Å². The molecule has 6 nitrogen and oxygen atoms in total. The fourth-order valence-corrected chi connectivity index (χ4v) is 3.17. The van der Waals surface area contributed by atoms with Crippen molar-refractivity contribution in [2.24, 2.45) is 13.0 Å². The number of amides is 1. The fourth-order valence-electron chi connectivity index (χ4n) is 3.17. The van der Waals surface area contributed by atoms with E-state index in [1.54, 1.807) is 11.2 Å². The number of hydrogen-bond acceptors (Lipinski definition) is 4. The number of carbonyl (C=O) groups is 2. The average Bonchev–Trinajstić information content (AvgIpc) is 2.93. The Morgan fingerprint density at radius 2 is 1.88 bits per heavy atom. The van der Waals surface area contributed by atoms with Gasteiger partial charge in [0.2, 0.25) is 0 Å². The van der Waals surface area contributed by atoms with Crippen LogP contribution >= 0.6 is 0 Å². The standard InChI is InChI=1S/C19H25N3O3/c1-19(2,3)25-18(24)22-9-7-13(8-10-22)17(23)14-5-6-15-16(11-14)21(4)12-20-15/h5-6,11-13H,7-10H2,1-4H3. The van der Waals surface area contributed by atoms with Gasteiger partial charge in [0.25, 0.3) is 0 Å². The zero-order valence-electron chi connectivity index (χ0n) is 15.3. The predicted octanol–water partition coefficient (Wildman–Crippen LogP) is 3.40. The maximum Gasteiger partial charge on any atom is 0.410 e. The molecule has 0 aliphatic carbocycles. The summed E-state index contributed by atoms with van der Waals surface area (Å²) in [5, 5.41) is 0. The van der Waals surface area contributed by atoms with Crippen LogP contribution in [0.5, 0.6) is 0 Å². The van der Waals surface area contributed by atoms with Crippen LogP contribution in [0.2, 0.25) is 0 Å². The van der Waals surface area contributed by atoms with Crippen LogP contribution in [0.25, 0.3) is 11.0 Å². The van der Waals surface area contributed by atoms with Crippen molar-refractivity contribution in [3.8, 4) is 0 Å². The fraction of sp³-hybridized carbons (Fsp3) is 0.526. The molecule has 1 aromatic heterocycles. The Balaban J connectivity index is 1.64. The summed E-state index contributed by atoms with van der Waals surface area (Å²) >= 11 is 0. The Hall–Kier alpha value is -2.37. The lowest BCUT2D eigenvalue weighted by molar-refractivity contribution is 0.0182. The van der Waals surface area contributed by atoms with Gasteiger partial charge in [-0.15, -0.1) is 0 Å². The molecule has 1 aliphatic rings. The van der Waals surface area contributed by atoms with Crippen molar-refractivity contribution in [1.29, 1.82) is 0 Å². The molecule has 2 heterocycles. The first kappa shape index (κ1) is 17.5. The SMILES string of the molecule is Cn1cnc2ccc(C(=O)C3CCN(C(=O)OC(C)(C)C)CC3)cc21. The Morgan fingerprint density at radius 1 is 1.20 bits per heavy atom. The predicted molar refractivity (Wildman–Crippen MR) is 95.6 cm³/mol. The first-order valence-corrected chi connectivity index (χ1v) is 8.68. The second-order valence-electron chi connectivity index (χ2n) is 7.66. The maximum atomic E-state index is 12.8. The van der Waals surface area contributed by atoms with Crippen LogP contribution < -0.4 is 0 Å². The Kier molecular flexibility index (Phi) is 4.54. The molecule has 0 spiro atoms. The molecule has 3 rings (SSSR count). The summed E-state index contributed by atoms with van der Waals surface area (Å²) in [5.74, 6) is 0.0938. The van der Waals surface area contributed by atoms with Gasteiger partial charge in [0, 0.05) is 31.6 Å². The summed E-state index contributed by atoms with van der Waals surface area (Å²) < 4.78 is 7.32. The Labute approximate surface area is 147 Å². The minimum absolute atomic E-state index is 0.0515. The summed E-state index contributed by atoms with van der Waals surface area (Å²) in [5.41, 5.74) is 2.06. The number of aryl methyl sites for hydroxylation is 1. The van der Waals surface area contributed by atoms with E-state index >= 15 is 0 Å². The van der Waals surface area contributed by atoms with Crippen LogP contribution in [0.3, 0.4) is 0 Å². The van der Waals surface area contributed by atoms with E-state index in [2.05, 4.69) is 4.98 Å². The van der Waals surface area contributed by atoms with Gasteiger partial charge in [-0.05, 0) is 51.8 Å². The van der Waals surface area contributed by atoms with Gasteiger partial charge in [-0.25, -0.2) is 9.78 Å². The zero-order valence-corrected chi connectivity index (χ0v) is 15.3. The number of benzene rings is 1. The van der Waals surface area contributed by atoms with E-state index in [0.29, 0.717) is 31.5 Å². The van der Waals surface area contributed by atoms with Crippen LogP contribution in [-0.4, -0.2) is 45.0 Å². The van der Waals surface area contributed by atoms with Gasteiger partial charge in [-0.3, -0.25) is 4.79 Å². The minimum Gasteiger partial charge on any atom is -0.444 e. The molecule has 1 saturated heterocycles. The van der Waals surface area contributed by atoms with Crippen LogP contribution in [0.1, 0.15) is 44.0 Å². The van der Waals surface area contributed by atoms with E-state index in [1.165, 1.54) is 0 Å². The van der Waals surface area contributed by atoms with Gasteiger partial charge in [0.1, 0.15) is 5.60 Å². The smallest absolute Gasteiger partial charge is 0.410 e. The number of carbonyl (C=O) groups excluding carboxylic acids is 2. The number of nitrogens with zero attached hydrogens (tertiary/aromatic N) is 3. The van der Waals surface area contributed by atoms with Crippen molar-refractivity contribution in [3.63, 3.8) is 0 Å². The number of piperidine rings is 1. The van der Waals surface area contributed by atoms with Gasteiger partial charge in [-0.1, -0.05) is 0 Å². The van der Waals surface area contributed by atoms with Gasteiger partial charge < -0.3 is 14.2 Å². The van der Waals surface area contributed by atoms with Crippen molar-refractivity contribution in [2.45, 2.75) is 39.2 Å². The van der Waals surface area contributed by atoms with Crippen molar-refractivity contribution in [3.05, 3.63) is 30.1 Å². The second-order valence-corrected chi connectivity index (χ2v) is 7.66. The van der Waals surface area contributed by atoms with Crippen molar-refractivity contribution < 1.29 is 14.3 Å². The summed E-state index contributed by atoms with van der Waals surface area (Å²) in [6.45, 7) is 6.68. The van der Waals surface area contributed by atoms with Crippen LogP contribution in [0, 0.1) is 5.92 Å². The number of ether oxygens (including phenoxy) is 1. The number of rotatable bonds is 2. The molecule has 1 fully saturated rings. The molecule has 0 atom stereocenters. The molecule has 1 aliphatic heterocycles. The maximum absolute atomic E-state index is 12.8. The zero-order chi connectivity index (χ0) is 18.2. The normalized spacial score (nSPS) is 16.2. The average molecular weight is 343 g/mol. The van der Waals surface area contributed by atoms with Crippen LogP contribution in [-0.2, 0) is 11.8 Å². The molecule has 2 aromatic rings. The molecular weight excluding hydrogens is 318 g/mol. The van der Waals surface area contributed by atoms with Gasteiger partial charge >= 0.3 is 6.09 Å². The molecule has 1 aromatic carbocycles. The highest BCUT2D eigenvalue weighted by molar-refractivity contribution is 6.00. The second kappa shape index (κ2) is 6.50. The number of imidazole rings is 1. The van der Waals surface area contributed by atoms with Crippen LogP contribution in [0.4, 0.5) is 4.79 Å². The van der Waals surface area contributed by atoms with E-state index in [1.807, 2.05) is 50.6 Å².